The third-order valence-electron chi connectivity index (χ3n) is 5.58. The van der Waals surface area contributed by atoms with E-state index in [0.29, 0.717) is 19.5 Å². The number of aryl methyl sites for hydroxylation is 2. The van der Waals surface area contributed by atoms with Crippen molar-refractivity contribution in [3.8, 4) is 0 Å². The first-order valence-corrected chi connectivity index (χ1v) is 12.2. The predicted molar refractivity (Wildman–Crippen MR) is 127 cm³/mol. The molecule has 0 atom stereocenters. The largest absolute Gasteiger partial charge is 0.336 e. The Kier molecular flexibility index (Phi) is 8.98. The fourth-order valence-electron chi connectivity index (χ4n) is 3.36. The van der Waals surface area contributed by atoms with Crippen molar-refractivity contribution in [2.75, 3.05) is 32.0 Å². The van der Waals surface area contributed by atoms with Crippen LogP contribution in [-0.2, 0) is 26.0 Å². The Labute approximate surface area is 191 Å². The summed E-state index contributed by atoms with van der Waals surface area (Å²) in [5.41, 5.74) is 3.70. The maximum atomic E-state index is 12.6. The average Bonchev–Trinajstić information content (AvgIpc) is 2.76. The van der Waals surface area contributed by atoms with Crippen LogP contribution in [0.25, 0.3) is 0 Å². The zero-order chi connectivity index (χ0) is 23.9. The second kappa shape index (κ2) is 11.2. The lowest BCUT2D eigenvalue weighted by molar-refractivity contribution is -0.133. The number of hydrogen-bond donors (Lipinski definition) is 1. The van der Waals surface area contributed by atoms with Gasteiger partial charge >= 0.3 is 0 Å². The van der Waals surface area contributed by atoms with Crippen molar-refractivity contribution in [1.82, 2.24) is 9.21 Å². The van der Waals surface area contributed by atoms with Gasteiger partial charge in [-0.05, 0) is 55.2 Å². The zero-order valence-electron chi connectivity index (χ0n) is 19.5. The standard InChI is InChI=1S/C24H33N3O4S/c1-6-27(7-2)32(30,31)21-14-11-20(12-15-21)13-16-24(29)26(5)17-23(28)25-22-10-8-9-18(3)19(22)4/h8-12,14-15H,6-7,13,16-17H2,1-5H3,(H,25,28). The fourth-order valence-corrected chi connectivity index (χ4v) is 4.82. The summed E-state index contributed by atoms with van der Waals surface area (Å²) in [7, 11) is -1.89. The highest BCUT2D eigenvalue weighted by molar-refractivity contribution is 7.89. The van der Waals surface area contributed by atoms with Crippen molar-refractivity contribution >= 4 is 27.5 Å². The summed E-state index contributed by atoms with van der Waals surface area (Å²) in [6, 6.07) is 12.3. The Morgan fingerprint density at radius 2 is 1.59 bits per heavy atom. The Bertz CT molecular complexity index is 1050. The third-order valence-corrected chi connectivity index (χ3v) is 7.64. The second-order valence-electron chi connectivity index (χ2n) is 7.78. The van der Waals surface area contributed by atoms with E-state index in [4.69, 9.17) is 0 Å². The molecule has 2 aromatic rings. The molecule has 2 rings (SSSR count). The van der Waals surface area contributed by atoms with Crippen molar-refractivity contribution in [3.05, 3.63) is 59.2 Å². The number of nitrogens with zero attached hydrogens (tertiary/aromatic N) is 2. The van der Waals surface area contributed by atoms with Gasteiger partial charge in [-0.1, -0.05) is 38.1 Å². The SMILES string of the molecule is CCN(CC)S(=O)(=O)c1ccc(CCC(=O)N(C)CC(=O)Nc2cccc(C)c2C)cc1. The van der Waals surface area contributed by atoms with E-state index in [1.807, 2.05) is 32.0 Å². The van der Waals surface area contributed by atoms with E-state index in [9.17, 15) is 18.0 Å². The van der Waals surface area contributed by atoms with Gasteiger partial charge in [0.25, 0.3) is 0 Å². The number of hydrogen-bond acceptors (Lipinski definition) is 4. The highest BCUT2D eigenvalue weighted by atomic mass is 32.2. The molecule has 7 nitrogen and oxygen atoms in total. The van der Waals surface area contributed by atoms with Crippen LogP contribution in [0.4, 0.5) is 5.69 Å². The summed E-state index contributed by atoms with van der Waals surface area (Å²) >= 11 is 0. The molecule has 174 valence electrons. The predicted octanol–water partition coefficient (Wildman–Crippen LogP) is 3.36. The van der Waals surface area contributed by atoms with Gasteiger partial charge in [-0.2, -0.15) is 4.31 Å². The summed E-state index contributed by atoms with van der Waals surface area (Å²) in [6.07, 6.45) is 0.697. The molecule has 2 amide bonds. The minimum atomic E-state index is -3.49. The fraction of sp³-hybridized carbons (Fsp3) is 0.417. The number of anilines is 1. The van der Waals surface area contributed by atoms with Gasteiger partial charge in [-0.25, -0.2) is 8.42 Å². The van der Waals surface area contributed by atoms with Crippen molar-refractivity contribution in [2.45, 2.75) is 45.4 Å². The molecule has 0 fully saturated rings. The molecule has 0 aromatic heterocycles. The van der Waals surface area contributed by atoms with Crippen molar-refractivity contribution in [2.24, 2.45) is 0 Å². The Balaban J connectivity index is 1.90. The first kappa shape index (κ1) is 25.5. The number of nitrogens with one attached hydrogen (secondary N) is 1. The van der Waals surface area contributed by atoms with Crippen LogP contribution >= 0.6 is 0 Å². The van der Waals surface area contributed by atoms with E-state index in [-0.39, 0.29) is 29.7 Å². The minimum Gasteiger partial charge on any atom is -0.336 e. The number of likely N-dealkylation sites (N-methyl/N-ethyl adjacent to an activating group) is 1. The molecule has 0 aliphatic carbocycles. The van der Waals surface area contributed by atoms with Gasteiger partial charge in [0.15, 0.2) is 0 Å². The van der Waals surface area contributed by atoms with Gasteiger partial charge in [0.2, 0.25) is 21.8 Å². The lowest BCUT2D eigenvalue weighted by Crippen LogP contribution is -2.35. The maximum Gasteiger partial charge on any atom is 0.243 e. The van der Waals surface area contributed by atoms with Crippen LogP contribution in [0.5, 0.6) is 0 Å². The Morgan fingerprint density at radius 1 is 0.969 bits per heavy atom. The first-order chi connectivity index (χ1) is 15.1. The van der Waals surface area contributed by atoms with E-state index in [1.54, 1.807) is 45.2 Å². The van der Waals surface area contributed by atoms with Gasteiger partial charge in [0.1, 0.15) is 0 Å². The molecule has 0 aliphatic rings. The van der Waals surface area contributed by atoms with Gasteiger partial charge in [0.05, 0.1) is 11.4 Å². The molecule has 0 bridgehead atoms. The molecule has 0 spiro atoms. The highest BCUT2D eigenvalue weighted by Gasteiger charge is 2.21. The van der Waals surface area contributed by atoms with E-state index >= 15 is 0 Å². The van der Waals surface area contributed by atoms with E-state index in [0.717, 1.165) is 22.4 Å². The third kappa shape index (κ3) is 6.40. The summed E-state index contributed by atoms with van der Waals surface area (Å²) < 4.78 is 26.5. The molecule has 2 aromatic carbocycles. The molecule has 0 radical (unpaired) electrons. The normalized spacial score (nSPS) is 11.4. The average molecular weight is 460 g/mol. The summed E-state index contributed by atoms with van der Waals surface area (Å²) in [6.45, 7) is 8.33. The number of carbonyl (C=O) groups excluding carboxylic acids is 2. The van der Waals surface area contributed by atoms with Crippen molar-refractivity contribution in [3.63, 3.8) is 0 Å². The molecular formula is C24H33N3O4S. The van der Waals surface area contributed by atoms with E-state index < -0.39 is 10.0 Å². The molecular weight excluding hydrogens is 426 g/mol. The number of sulfonamides is 1. The number of amides is 2. The molecule has 0 aliphatic heterocycles. The molecule has 0 saturated heterocycles. The van der Waals surface area contributed by atoms with Crippen LogP contribution in [0.1, 0.15) is 37.0 Å². The Morgan fingerprint density at radius 3 is 2.19 bits per heavy atom. The van der Waals surface area contributed by atoms with E-state index in [2.05, 4.69) is 5.32 Å². The molecule has 8 heteroatoms. The van der Waals surface area contributed by atoms with Crippen molar-refractivity contribution < 1.29 is 18.0 Å². The molecule has 0 heterocycles. The number of rotatable bonds is 10. The van der Waals surface area contributed by atoms with Gasteiger partial charge in [-0.3, -0.25) is 9.59 Å². The second-order valence-corrected chi connectivity index (χ2v) is 9.72. The molecule has 1 N–H and O–H groups in total. The van der Waals surface area contributed by atoms with Gasteiger partial charge in [0, 0.05) is 32.2 Å². The minimum absolute atomic E-state index is 0.0345. The lowest BCUT2D eigenvalue weighted by Gasteiger charge is -2.19. The summed E-state index contributed by atoms with van der Waals surface area (Å²) in [4.78, 5) is 26.4. The zero-order valence-corrected chi connectivity index (χ0v) is 20.3. The molecule has 0 saturated carbocycles. The summed E-state index contributed by atoms with van der Waals surface area (Å²) in [5.74, 6) is -0.401. The lowest BCUT2D eigenvalue weighted by atomic mass is 10.1. The van der Waals surface area contributed by atoms with Crippen LogP contribution in [-0.4, -0.2) is 56.1 Å². The van der Waals surface area contributed by atoms with Gasteiger partial charge in [-0.15, -0.1) is 0 Å². The Hall–Kier alpha value is -2.71. The van der Waals surface area contributed by atoms with Crippen LogP contribution in [0, 0.1) is 13.8 Å². The molecule has 0 unspecified atom stereocenters. The first-order valence-electron chi connectivity index (χ1n) is 10.8. The van der Waals surface area contributed by atoms with Crippen LogP contribution in [0.3, 0.4) is 0 Å². The van der Waals surface area contributed by atoms with Crippen LogP contribution < -0.4 is 5.32 Å². The number of benzene rings is 2. The van der Waals surface area contributed by atoms with E-state index in [1.165, 1.54) is 9.21 Å². The van der Waals surface area contributed by atoms with Crippen molar-refractivity contribution in [1.29, 1.82) is 0 Å². The molecule has 32 heavy (non-hydrogen) atoms. The topological polar surface area (TPSA) is 86.8 Å². The van der Waals surface area contributed by atoms with Gasteiger partial charge < -0.3 is 10.2 Å². The van der Waals surface area contributed by atoms with Crippen LogP contribution in [0.15, 0.2) is 47.4 Å². The maximum absolute atomic E-state index is 12.6. The number of carbonyl (C=O) groups is 2. The van der Waals surface area contributed by atoms with Crippen LogP contribution in [0.2, 0.25) is 0 Å². The monoisotopic (exact) mass is 459 g/mol. The smallest absolute Gasteiger partial charge is 0.243 e. The highest BCUT2D eigenvalue weighted by Crippen LogP contribution is 2.18. The summed E-state index contributed by atoms with van der Waals surface area (Å²) in [5, 5.41) is 2.86. The quantitative estimate of drug-likeness (QED) is 0.590.